The zero-order chi connectivity index (χ0) is 25.0. The van der Waals surface area contributed by atoms with Gasteiger partial charge in [0, 0.05) is 26.1 Å². The van der Waals surface area contributed by atoms with Gasteiger partial charge in [-0.1, -0.05) is 0 Å². The largest absolute Gasteiger partial charge is 0.480 e. The van der Waals surface area contributed by atoms with E-state index in [0.29, 0.717) is 0 Å². The van der Waals surface area contributed by atoms with E-state index in [1.54, 1.807) is 0 Å². The maximum atomic E-state index is 12.8. The van der Waals surface area contributed by atoms with Crippen molar-refractivity contribution in [1.29, 1.82) is 0 Å². The lowest BCUT2D eigenvalue weighted by atomic mass is 9.89. The van der Waals surface area contributed by atoms with Gasteiger partial charge in [0.15, 0.2) is 6.23 Å². The van der Waals surface area contributed by atoms with Gasteiger partial charge in [-0.15, -0.1) is 0 Å². The zero-order valence-electron chi connectivity index (χ0n) is 18.2. The van der Waals surface area contributed by atoms with Crippen LogP contribution in [0.1, 0.15) is 33.9 Å². The lowest BCUT2D eigenvalue weighted by molar-refractivity contribution is -0.153. The number of phosphoric ester groups is 1. The van der Waals surface area contributed by atoms with Gasteiger partial charge in [-0.25, -0.2) is 18.4 Å². The van der Waals surface area contributed by atoms with Crippen LogP contribution < -0.4 is 11.2 Å². The Balaban J connectivity index is 2.21. The Bertz CT molecular complexity index is 1010. The molecule has 2 heterocycles. The highest BCUT2D eigenvalue weighted by Crippen LogP contribution is 2.52. The molecule has 0 radical (unpaired) electrons. The van der Waals surface area contributed by atoms with Crippen molar-refractivity contribution in [2.24, 2.45) is 0 Å². The van der Waals surface area contributed by atoms with Gasteiger partial charge >= 0.3 is 25.5 Å². The third-order valence-electron chi connectivity index (χ3n) is 4.57. The van der Waals surface area contributed by atoms with Gasteiger partial charge in [0.05, 0.1) is 6.61 Å². The van der Waals surface area contributed by atoms with Gasteiger partial charge in [-0.2, -0.15) is 0 Å². The molecule has 3 N–H and O–H groups in total. The van der Waals surface area contributed by atoms with E-state index in [1.165, 1.54) is 13.8 Å². The molecule has 2 rings (SSSR count). The van der Waals surface area contributed by atoms with Crippen LogP contribution in [-0.4, -0.2) is 69.2 Å². The summed E-state index contributed by atoms with van der Waals surface area (Å²) in [4.78, 5) is 47.3. The number of H-pyrrole nitrogens is 1. The number of carbonyl (C=O) groups excluding carboxylic acids is 2. The number of hydrogen-bond donors (Lipinski definition) is 3. The fraction of sp³-hybridized carbons (Fsp3) is 0.647. The first-order valence-electron chi connectivity index (χ1n) is 9.40. The van der Waals surface area contributed by atoms with Crippen molar-refractivity contribution in [3.63, 3.8) is 0 Å². The number of carbonyl (C=O) groups is 2. The minimum absolute atomic E-state index is 0.684. The maximum absolute atomic E-state index is 12.8. The van der Waals surface area contributed by atoms with E-state index in [4.69, 9.17) is 18.3 Å². The fourth-order valence-electron chi connectivity index (χ4n) is 2.92. The third-order valence-corrected chi connectivity index (χ3v) is 5.86. The molecule has 15 nitrogen and oxygen atoms in total. The van der Waals surface area contributed by atoms with Gasteiger partial charge < -0.3 is 24.4 Å². The van der Waals surface area contributed by atoms with Crippen molar-refractivity contribution in [3.8, 4) is 0 Å². The molecule has 1 aromatic rings. The number of nitrogens with zero attached hydrogens (tertiary/aromatic N) is 1. The van der Waals surface area contributed by atoms with E-state index in [1.807, 2.05) is 4.98 Å². The van der Waals surface area contributed by atoms with Crippen molar-refractivity contribution in [1.82, 2.24) is 9.55 Å². The molecule has 0 bridgehead atoms. The van der Waals surface area contributed by atoms with Crippen LogP contribution in [0.4, 0.5) is 0 Å². The monoisotopic (exact) mass is 496 g/mol. The summed E-state index contributed by atoms with van der Waals surface area (Å²) in [5, 5.41) is 21.5. The fourth-order valence-corrected chi connectivity index (χ4v) is 3.92. The zero-order valence-corrected chi connectivity index (χ0v) is 19.1. The van der Waals surface area contributed by atoms with Crippen LogP contribution in [0.2, 0.25) is 0 Å². The highest BCUT2D eigenvalue weighted by atomic mass is 31.2. The number of aliphatic hydroxyl groups is 2. The topological polar surface area (TPSA) is 202 Å². The van der Waals surface area contributed by atoms with Gasteiger partial charge in [0.25, 0.3) is 5.56 Å². The first kappa shape index (κ1) is 26.9. The molecule has 4 atom stereocenters. The summed E-state index contributed by atoms with van der Waals surface area (Å²) >= 11 is 0. The maximum Gasteiger partial charge on any atom is 0.480 e. The second-order valence-corrected chi connectivity index (χ2v) is 9.08. The summed E-state index contributed by atoms with van der Waals surface area (Å²) in [7, 11) is -4.55. The molecular weight excluding hydrogens is 471 g/mol. The smallest absolute Gasteiger partial charge is 0.438 e. The van der Waals surface area contributed by atoms with Gasteiger partial charge in [-0.05, 0) is 13.8 Å². The van der Waals surface area contributed by atoms with E-state index in [0.717, 1.165) is 30.7 Å². The second-order valence-electron chi connectivity index (χ2n) is 7.42. The summed E-state index contributed by atoms with van der Waals surface area (Å²) in [6.45, 7) is 2.21. The van der Waals surface area contributed by atoms with E-state index < -0.39 is 74.7 Å². The molecule has 186 valence electrons. The molecule has 0 aliphatic carbocycles. The third kappa shape index (κ3) is 6.57. The molecular formula is C17H25N2O13P. The number of phosphoric acid groups is 1. The number of ether oxygens (including phenoxy) is 3. The summed E-state index contributed by atoms with van der Waals surface area (Å²) in [6.07, 6.45) is -2.12. The van der Waals surface area contributed by atoms with E-state index >= 15 is 0 Å². The van der Waals surface area contributed by atoms with Crippen LogP contribution in [0, 0.1) is 0 Å². The second kappa shape index (κ2) is 10.3. The Labute approximate surface area is 186 Å². The molecule has 1 aromatic heterocycles. The van der Waals surface area contributed by atoms with Crippen molar-refractivity contribution in [2.45, 2.75) is 51.2 Å². The summed E-state index contributed by atoms with van der Waals surface area (Å²) in [5.74, 6) is -1.51. The first-order chi connectivity index (χ1) is 15.2. The standard InChI is InChI=1S/C17H25N2O13P/c1-10(20)27-8-30-33(26,31-9-28-11(2)21)29-7-16(3)13(23)17(4,25)14(32-16)19-6-5-12(22)18-15(19)24/h5-6,13-14,23,25H,7-9H2,1-4H3,(H,18,22,24). The number of aliphatic hydroxyl groups excluding tert-OH is 1. The molecule has 1 fully saturated rings. The van der Waals surface area contributed by atoms with E-state index in [2.05, 4.69) is 9.47 Å². The average molecular weight is 496 g/mol. The van der Waals surface area contributed by atoms with E-state index in [9.17, 15) is 34.0 Å². The number of aromatic nitrogens is 2. The predicted octanol–water partition coefficient (Wildman–Crippen LogP) is -0.865. The molecule has 0 aromatic carbocycles. The highest BCUT2D eigenvalue weighted by molar-refractivity contribution is 7.48. The minimum atomic E-state index is -4.55. The molecule has 0 spiro atoms. The lowest BCUT2D eigenvalue weighted by Crippen LogP contribution is -2.50. The quantitative estimate of drug-likeness (QED) is 0.205. The van der Waals surface area contributed by atoms with Crippen LogP contribution in [0.5, 0.6) is 0 Å². The van der Waals surface area contributed by atoms with Crippen LogP contribution in [0.15, 0.2) is 21.9 Å². The minimum Gasteiger partial charge on any atom is -0.438 e. The Kier molecular flexibility index (Phi) is 8.35. The van der Waals surface area contributed by atoms with Gasteiger partial charge in [0.1, 0.15) is 17.3 Å². The Hall–Kier alpha value is -2.39. The van der Waals surface area contributed by atoms with E-state index in [-0.39, 0.29) is 0 Å². The van der Waals surface area contributed by atoms with Crippen molar-refractivity contribution >= 4 is 19.8 Å². The number of esters is 2. The Morgan fingerprint density at radius 3 is 2.18 bits per heavy atom. The van der Waals surface area contributed by atoms with Crippen molar-refractivity contribution < 1.29 is 52.1 Å². The Morgan fingerprint density at radius 1 is 1.15 bits per heavy atom. The molecule has 1 aliphatic heterocycles. The lowest BCUT2D eigenvalue weighted by Gasteiger charge is -2.30. The summed E-state index contributed by atoms with van der Waals surface area (Å²) in [5.41, 5.74) is -5.45. The van der Waals surface area contributed by atoms with Crippen molar-refractivity contribution in [2.75, 3.05) is 20.2 Å². The molecule has 33 heavy (non-hydrogen) atoms. The van der Waals surface area contributed by atoms with Crippen LogP contribution in [0.25, 0.3) is 0 Å². The average Bonchev–Trinajstić information content (AvgIpc) is 2.87. The predicted molar refractivity (Wildman–Crippen MR) is 105 cm³/mol. The summed E-state index contributed by atoms with van der Waals surface area (Å²) < 4.78 is 43.3. The molecule has 1 aliphatic rings. The number of nitrogens with one attached hydrogen (secondary N) is 1. The molecule has 0 saturated carbocycles. The molecule has 1 saturated heterocycles. The van der Waals surface area contributed by atoms with Crippen LogP contribution >= 0.6 is 7.82 Å². The molecule has 16 heteroatoms. The summed E-state index contributed by atoms with van der Waals surface area (Å²) in [6, 6.07) is 1.01. The van der Waals surface area contributed by atoms with Crippen molar-refractivity contribution in [3.05, 3.63) is 33.1 Å². The molecule has 0 amide bonds. The van der Waals surface area contributed by atoms with Gasteiger partial charge in [0.2, 0.25) is 13.6 Å². The highest BCUT2D eigenvalue weighted by Gasteiger charge is 2.60. The van der Waals surface area contributed by atoms with Crippen LogP contribution in [0.3, 0.4) is 0 Å². The number of rotatable bonds is 10. The number of hydrogen-bond acceptors (Lipinski definition) is 13. The molecule has 4 unspecified atom stereocenters. The first-order valence-corrected chi connectivity index (χ1v) is 10.9. The van der Waals surface area contributed by atoms with Gasteiger partial charge in [-0.3, -0.25) is 28.5 Å². The Morgan fingerprint density at radius 2 is 1.70 bits per heavy atom. The normalized spacial score (nSPS) is 27.3. The van der Waals surface area contributed by atoms with Crippen LogP contribution in [-0.2, 0) is 41.9 Å². The number of aromatic amines is 1. The SMILES string of the molecule is CC(=O)OCOP(=O)(OCOC(C)=O)OCC1(C)OC(n2ccc(=O)[nH]c2=O)C(C)(O)C1O.